The van der Waals surface area contributed by atoms with E-state index in [1.165, 1.54) is 26.2 Å². The maximum absolute atomic E-state index is 4.70. The molecule has 0 aliphatic carbocycles. The number of pyridine rings is 2. The molecule has 0 saturated carbocycles. The summed E-state index contributed by atoms with van der Waals surface area (Å²) in [5.41, 5.74) is 2.94. The Bertz CT molecular complexity index is 1410. The lowest BCUT2D eigenvalue weighted by Gasteiger charge is -2.04. The molecular weight excluding hydrogens is 316 g/mol. The van der Waals surface area contributed by atoms with Crippen molar-refractivity contribution in [1.82, 2.24) is 19.6 Å². The molecule has 4 heterocycles. The second-order valence-corrected chi connectivity index (χ2v) is 6.91. The first-order chi connectivity index (χ1) is 11.9. The number of fused-ring (bicyclic) bond motifs is 10. The molecule has 4 nitrogen and oxygen atoms in total. The van der Waals surface area contributed by atoms with Gasteiger partial charge in [0.1, 0.15) is 6.33 Å². The van der Waals surface area contributed by atoms with Crippen LogP contribution in [0.5, 0.6) is 0 Å². The summed E-state index contributed by atoms with van der Waals surface area (Å²) in [5, 5.41) is 13.4. The Balaban J connectivity index is 2.06. The Morgan fingerprint density at radius 3 is 2.88 bits per heavy atom. The minimum atomic E-state index is 0.899. The van der Waals surface area contributed by atoms with Crippen LogP contribution in [0.15, 0.2) is 61.1 Å². The number of benzene rings is 2. The molecule has 0 atom stereocenters. The Morgan fingerprint density at radius 1 is 0.917 bits per heavy atom. The Kier molecular flexibility index (Phi) is 2.20. The monoisotopic (exact) mass is 326 g/mol. The summed E-state index contributed by atoms with van der Waals surface area (Å²) in [5.74, 6) is 0. The summed E-state index contributed by atoms with van der Waals surface area (Å²) >= 11 is 1.76. The zero-order chi connectivity index (χ0) is 15.7. The van der Waals surface area contributed by atoms with Crippen LogP contribution in [0.4, 0.5) is 0 Å². The second kappa shape index (κ2) is 4.27. The van der Waals surface area contributed by atoms with Crippen molar-refractivity contribution >= 4 is 59.0 Å². The van der Waals surface area contributed by atoms with E-state index in [1.54, 1.807) is 17.7 Å². The number of hydrogen-bond acceptors (Lipinski definition) is 4. The molecule has 6 rings (SSSR count). The average Bonchev–Trinajstić information content (AvgIpc) is 3.26. The van der Waals surface area contributed by atoms with Gasteiger partial charge < -0.3 is 0 Å². The molecule has 24 heavy (non-hydrogen) atoms. The first-order valence-electron chi connectivity index (χ1n) is 7.72. The van der Waals surface area contributed by atoms with Crippen LogP contribution in [0.3, 0.4) is 0 Å². The van der Waals surface area contributed by atoms with Gasteiger partial charge in [-0.1, -0.05) is 30.3 Å². The van der Waals surface area contributed by atoms with Crippen LogP contribution >= 0.6 is 11.3 Å². The molecule has 0 radical (unpaired) electrons. The third-order valence-corrected chi connectivity index (χ3v) is 5.76. The molecule has 5 heteroatoms. The Labute approximate surface area is 140 Å². The molecule has 2 aromatic carbocycles. The number of hydrogen-bond donors (Lipinski definition) is 0. The van der Waals surface area contributed by atoms with Gasteiger partial charge in [-0.2, -0.15) is 0 Å². The number of nitrogens with zero attached hydrogens (tertiary/aromatic N) is 4. The first-order valence-corrected chi connectivity index (χ1v) is 8.54. The van der Waals surface area contributed by atoms with E-state index < -0.39 is 0 Å². The van der Waals surface area contributed by atoms with Crippen LogP contribution in [0.2, 0.25) is 0 Å². The summed E-state index contributed by atoms with van der Waals surface area (Å²) in [6.45, 7) is 0. The first kappa shape index (κ1) is 12.4. The lowest BCUT2D eigenvalue weighted by Crippen LogP contribution is -1.90. The summed E-state index contributed by atoms with van der Waals surface area (Å²) < 4.78 is 4.43. The van der Waals surface area contributed by atoms with Gasteiger partial charge in [-0.05, 0) is 29.0 Å². The molecule has 0 bridgehead atoms. The van der Waals surface area contributed by atoms with Crippen LogP contribution in [0.1, 0.15) is 0 Å². The third kappa shape index (κ3) is 1.40. The van der Waals surface area contributed by atoms with Crippen molar-refractivity contribution in [3.63, 3.8) is 0 Å². The summed E-state index contributed by atoms with van der Waals surface area (Å²) in [7, 11) is 0. The molecule has 0 saturated heterocycles. The largest absolute Gasteiger partial charge is 0.279 e. The fourth-order valence-electron chi connectivity index (χ4n) is 3.60. The third-order valence-electron chi connectivity index (χ3n) is 4.61. The fraction of sp³-hybridized carbons (Fsp3) is 0. The number of thiophene rings is 1. The normalized spacial score (nSPS) is 12.2. The van der Waals surface area contributed by atoms with Crippen molar-refractivity contribution in [3.05, 3.63) is 61.1 Å². The highest BCUT2D eigenvalue weighted by atomic mass is 32.1. The number of aromatic nitrogens is 4. The van der Waals surface area contributed by atoms with Crippen LogP contribution in [0.25, 0.3) is 47.6 Å². The van der Waals surface area contributed by atoms with E-state index in [4.69, 9.17) is 4.98 Å². The van der Waals surface area contributed by atoms with E-state index >= 15 is 0 Å². The molecule has 0 fully saturated rings. The predicted molar refractivity (Wildman–Crippen MR) is 98.7 cm³/mol. The standard InChI is InChI=1S/C19H10N4S/c1-2-5-12-11(4-1)7-8-14-15(12)16-17-13(6-3-9-20-17)23-10-21-22-19(23)18(16)24-14/h1-10H. The Morgan fingerprint density at radius 2 is 1.88 bits per heavy atom. The zero-order valence-electron chi connectivity index (χ0n) is 12.5. The highest BCUT2D eigenvalue weighted by Gasteiger charge is 2.17. The van der Waals surface area contributed by atoms with Gasteiger partial charge in [0.25, 0.3) is 0 Å². The maximum atomic E-state index is 4.70. The molecule has 0 amide bonds. The molecule has 0 aliphatic rings. The molecule has 0 unspecified atom stereocenters. The molecule has 0 aliphatic heterocycles. The summed E-state index contributed by atoms with van der Waals surface area (Å²) in [4.78, 5) is 4.70. The van der Waals surface area contributed by atoms with E-state index in [-0.39, 0.29) is 0 Å². The van der Waals surface area contributed by atoms with Gasteiger partial charge >= 0.3 is 0 Å². The minimum Gasteiger partial charge on any atom is -0.279 e. The quantitative estimate of drug-likeness (QED) is 0.403. The lowest BCUT2D eigenvalue weighted by molar-refractivity contribution is 1.11. The molecule has 0 N–H and O–H groups in total. The van der Waals surface area contributed by atoms with Crippen molar-refractivity contribution in [3.8, 4) is 0 Å². The van der Waals surface area contributed by atoms with Gasteiger partial charge in [0, 0.05) is 21.7 Å². The van der Waals surface area contributed by atoms with Crippen LogP contribution in [0, 0.1) is 0 Å². The molecular formula is C19H10N4S. The zero-order valence-corrected chi connectivity index (χ0v) is 13.3. The smallest absolute Gasteiger partial charge is 0.179 e. The van der Waals surface area contributed by atoms with E-state index in [0.717, 1.165) is 21.4 Å². The lowest BCUT2D eigenvalue weighted by atomic mass is 10.0. The highest BCUT2D eigenvalue weighted by molar-refractivity contribution is 7.26. The number of rotatable bonds is 0. The van der Waals surface area contributed by atoms with Gasteiger partial charge in [0.15, 0.2) is 5.65 Å². The minimum absolute atomic E-state index is 0.899. The van der Waals surface area contributed by atoms with Crippen LogP contribution < -0.4 is 0 Å². The molecule has 4 aromatic heterocycles. The van der Waals surface area contributed by atoms with Gasteiger partial charge in [-0.25, -0.2) is 0 Å². The van der Waals surface area contributed by atoms with Crippen molar-refractivity contribution < 1.29 is 0 Å². The molecule has 6 aromatic rings. The maximum Gasteiger partial charge on any atom is 0.179 e. The van der Waals surface area contributed by atoms with Gasteiger partial charge in [0.05, 0.1) is 15.7 Å². The van der Waals surface area contributed by atoms with Crippen LogP contribution in [-0.2, 0) is 0 Å². The molecule has 0 spiro atoms. The van der Waals surface area contributed by atoms with E-state index in [0.29, 0.717) is 0 Å². The summed E-state index contributed by atoms with van der Waals surface area (Å²) in [6.07, 6.45) is 3.62. The summed E-state index contributed by atoms with van der Waals surface area (Å²) in [6, 6.07) is 16.9. The van der Waals surface area contributed by atoms with Gasteiger partial charge in [-0.3, -0.25) is 9.38 Å². The van der Waals surface area contributed by atoms with E-state index in [2.05, 4.69) is 52.7 Å². The van der Waals surface area contributed by atoms with Crippen molar-refractivity contribution in [2.24, 2.45) is 0 Å². The van der Waals surface area contributed by atoms with Gasteiger partial charge in [0.2, 0.25) is 0 Å². The SMILES string of the molecule is c1ccc2c(c1)ccc1sc3c(c4ncccc4n4cnnc34)c12. The van der Waals surface area contributed by atoms with Gasteiger partial charge in [-0.15, -0.1) is 21.5 Å². The molecule has 112 valence electrons. The second-order valence-electron chi connectivity index (χ2n) is 5.86. The predicted octanol–water partition coefficient (Wildman–Crippen LogP) is 4.80. The van der Waals surface area contributed by atoms with E-state index in [1.807, 2.05) is 16.7 Å². The van der Waals surface area contributed by atoms with E-state index in [9.17, 15) is 0 Å². The Hall–Kier alpha value is -3.05. The average molecular weight is 326 g/mol. The van der Waals surface area contributed by atoms with Crippen LogP contribution in [-0.4, -0.2) is 19.6 Å². The fourth-order valence-corrected chi connectivity index (χ4v) is 4.80. The van der Waals surface area contributed by atoms with Crippen molar-refractivity contribution in [2.75, 3.05) is 0 Å². The highest BCUT2D eigenvalue weighted by Crippen LogP contribution is 2.42. The van der Waals surface area contributed by atoms with Crippen molar-refractivity contribution in [2.45, 2.75) is 0 Å². The van der Waals surface area contributed by atoms with Crippen molar-refractivity contribution in [1.29, 1.82) is 0 Å². The topological polar surface area (TPSA) is 43.1 Å².